The van der Waals surface area contributed by atoms with Gasteiger partial charge in [-0.05, 0) is 26.2 Å². The van der Waals surface area contributed by atoms with E-state index >= 15 is 0 Å². The molecule has 0 saturated carbocycles. The third-order valence-corrected chi connectivity index (χ3v) is 2.67. The molecule has 4 heteroatoms. The summed E-state index contributed by atoms with van der Waals surface area (Å²) in [6.45, 7) is 13.8. The zero-order valence-electron chi connectivity index (χ0n) is 12.2. The van der Waals surface area contributed by atoms with Crippen LogP contribution < -0.4 is 10.6 Å². The first kappa shape index (κ1) is 13.9. The number of aromatic nitrogens is 2. The fourth-order valence-corrected chi connectivity index (χ4v) is 2.08. The molecule has 0 aliphatic rings. The Kier molecular flexibility index (Phi) is 3.74. The van der Waals surface area contributed by atoms with Crippen LogP contribution in [0.3, 0.4) is 0 Å². The normalized spacial score (nSPS) is 12.2. The van der Waals surface area contributed by atoms with E-state index in [0.29, 0.717) is 6.04 Å². The van der Waals surface area contributed by atoms with Gasteiger partial charge >= 0.3 is 0 Å². The summed E-state index contributed by atoms with van der Waals surface area (Å²) in [6, 6.07) is 0.323. The molecule has 0 bridgehead atoms. The van der Waals surface area contributed by atoms with Crippen LogP contribution in [0.2, 0.25) is 0 Å². The minimum Gasteiger partial charge on any atom is -0.394 e. The number of hydrogen-bond donors (Lipinski definition) is 1. The maximum atomic E-state index is 6.14. The zero-order chi connectivity index (χ0) is 13.4. The molecule has 17 heavy (non-hydrogen) atoms. The Bertz CT molecular complexity index is 385. The van der Waals surface area contributed by atoms with Gasteiger partial charge in [0, 0.05) is 19.6 Å². The largest absolute Gasteiger partial charge is 0.394 e. The number of nitrogens with zero attached hydrogens (tertiary/aromatic N) is 3. The second-order valence-electron chi connectivity index (χ2n) is 6.28. The van der Waals surface area contributed by atoms with Gasteiger partial charge in [0.15, 0.2) is 5.82 Å². The summed E-state index contributed by atoms with van der Waals surface area (Å²) in [5, 5.41) is 4.51. The van der Waals surface area contributed by atoms with Crippen molar-refractivity contribution in [2.24, 2.45) is 5.41 Å². The quantitative estimate of drug-likeness (QED) is 0.881. The van der Waals surface area contributed by atoms with E-state index in [1.165, 1.54) is 0 Å². The fourth-order valence-electron chi connectivity index (χ4n) is 2.08. The van der Waals surface area contributed by atoms with E-state index in [4.69, 9.17) is 5.73 Å². The summed E-state index contributed by atoms with van der Waals surface area (Å²) in [4.78, 5) is 2.20. The molecule has 0 saturated heterocycles. The summed E-state index contributed by atoms with van der Waals surface area (Å²) in [6.07, 6.45) is 0. The average Bonchev–Trinajstić information content (AvgIpc) is 2.40. The molecule has 1 aromatic rings. The Hall–Kier alpha value is -1.19. The van der Waals surface area contributed by atoms with Crippen LogP contribution in [0.15, 0.2) is 0 Å². The van der Waals surface area contributed by atoms with Gasteiger partial charge in [0.05, 0.1) is 11.4 Å². The Balaban J connectivity index is 3.11. The smallest absolute Gasteiger partial charge is 0.150 e. The lowest BCUT2D eigenvalue weighted by Crippen LogP contribution is -2.31. The van der Waals surface area contributed by atoms with E-state index in [9.17, 15) is 0 Å². The summed E-state index contributed by atoms with van der Waals surface area (Å²) in [5.74, 6) is 1.03. The van der Waals surface area contributed by atoms with Crippen molar-refractivity contribution in [3.63, 3.8) is 0 Å². The highest BCUT2D eigenvalue weighted by molar-refractivity contribution is 5.66. The van der Waals surface area contributed by atoms with E-state index < -0.39 is 0 Å². The minimum atomic E-state index is 0.237. The fraction of sp³-hybridized carbons (Fsp3) is 0.769. The lowest BCUT2D eigenvalue weighted by molar-refractivity contribution is 0.411. The predicted molar refractivity (Wildman–Crippen MR) is 74.5 cm³/mol. The molecule has 0 aromatic carbocycles. The number of rotatable bonds is 3. The SMILES string of the molecule is Cc1nn(C(C)C)c(N(C)CC(C)(C)C)c1N. The van der Waals surface area contributed by atoms with Crippen LogP contribution >= 0.6 is 0 Å². The van der Waals surface area contributed by atoms with E-state index in [1.807, 2.05) is 11.6 Å². The molecule has 1 rings (SSSR count). The number of hydrogen-bond acceptors (Lipinski definition) is 3. The Morgan fingerprint density at radius 1 is 1.35 bits per heavy atom. The van der Waals surface area contributed by atoms with E-state index in [1.54, 1.807) is 0 Å². The Morgan fingerprint density at radius 2 is 1.88 bits per heavy atom. The third kappa shape index (κ3) is 3.14. The predicted octanol–water partition coefficient (Wildman–Crippen LogP) is 2.84. The summed E-state index contributed by atoms with van der Waals surface area (Å²) in [7, 11) is 2.08. The number of anilines is 2. The summed E-state index contributed by atoms with van der Waals surface area (Å²) >= 11 is 0. The van der Waals surface area contributed by atoms with Crippen molar-refractivity contribution >= 4 is 11.5 Å². The summed E-state index contributed by atoms with van der Waals surface area (Å²) < 4.78 is 2.01. The first-order valence-electron chi connectivity index (χ1n) is 6.19. The number of nitrogens with two attached hydrogens (primary N) is 1. The molecule has 1 heterocycles. The van der Waals surface area contributed by atoms with Crippen molar-refractivity contribution in [2.75, 3.05) is 24.2 Å². The second kappa shape index (κ2) is 4.59. The molecule has 1 aromatic heterocycles. The highest BCUT2D eigenvalue weighted by Gasteiger charge is 2.21. The van der Waals surface area contributed by atoms with Crippen LogP contribution in [-0.4, -0.2) is 23.4 Å². The van der Waals surface area contributed by atoms with Crippen molar-refractivity contribution in [1.82, 2.24) is 9.78 Å². The van der Waals surface area contributed by atoms with Gasteiger partial charge in [-0.1, -0.05) is 20.8 Å². The molecular formula is C13H26N4. The standard InChI is InChI=1S/C13H26N4/c1-9(2)17-12(11(14)10(3)15-17)16(7)8-13(4,5)6/h9H,8,14H2,1-7H3. The van der Waals surface area contributed by atoms with Gasteiger partial charge < -0.3 is 10.6 Å². The Labute approximate surface area is 105 Å². The molecule has 98 valence electrons. The van der Waals surface area contributed by atoms with Crippen LogP contribution in [0.4, 0.5) is 11.5 Å². The van der Waals surface area contributed by atoms with Crippen LogP contribution in [0.25, 0.3) is 0 Å². The topological polar surface area (TPSA) is 47.1 Å². The van der Waals surface area contributed by atoms with Crippen molar-refractivity contribution in [2.45, 2.75) is 47.6 Å². The van der Waals surface area contributed by atoms with Crippen molar-refractivity contribution < 1.29 is 0 Å². The van der Waals surface area contributed by atoms with Gasteiger partial charge in [0.1, 0.15) is 0 Å². The van der Waals surface area contributed by atoms with Gasteiger partial charge in [-0.25, -0.2) is 4.68 Å². The molecule has 0 aliphatic heterocycles. The molecule has 0 aliphatic carbocycles. The second-order valence-corrected chi connectivity index (χ2v) is 6.28. The van der Waals surface area contributed by atoms with Crippen LogP contribution in [-0.2, 0) is 0 Å². The maximum absolute atomic E-state index is 6.14. The molecule has 0 spiro atoms. The number of aryl methyl sites for hydroxylation is 1. The molecule has 0 unspecified atom stereocenters. The minimum absolute atomic E-state index is 0.237. The highest BCUT2D eigenvalue weighted by atomic mass is 15.4. The maximum Gasteiger partial charge on any atom is 0.150 e. The molecule has 0 fully saturated rings. The Morgan fingerprint density at radius 3 is 2.29 bits per heavy atom. The highest BCUT2D eigenvalue weighted by Crippen LogP contribution is 2.30. The molecular weight excluding hydrogens is 212 g/mol. The average molecular weight is 238 g/mol. The van der Waals surface area contributed by atoms with Crippen molar-refractivity contribution in [3.05, 3.63) is 5.69 Å². The molecule has 0 radical (unpaired) electrons. The van der Waals surface area contributed by atoms with Crippen LogP contribution in [0.1, 0.15) is 46.4 Å². The first-order valence-corrected chi connectivity index (χ1v) is 6.19. The zero-order valence-corrected chi connectivity index (χ0v) is 12.2. The third-order valence-electron chi connectivity index (χ3n) is 2.67. The molecule has 0 amide bonds. The summed E-state index contributed by atoms with van der Waals surface area (Å²) in [5.41, 5.74) is 8.08. The number of nitrogen functional groups attached to an aromatic ring is 1. The van der Waals surface area contributed by atoms with E-state index in [-0.39, 0.29) is 5.41 Å². The molecule has 2 N–H and O–H groups in total. The lowest BCUT2D eigenvalue weighted by Gasteiger charge is -2.29. The van der Waals surface area contributed by atoms with Crippen molar-refractivity contribution in [1.29, 1.82) is 0 Å². The first-order chi connectivity index (χ1) is 7.63. The van der Waals surface area contributed by atoms with Crippen molar-refractivity contribution in [3.8, 4) is 0 Å². The molecule has 0 atom stereocenters. The molecule has 4 nitrogen and oxygen atoms in total. The van der Waals surface area contributed by atoms with Gasteiger partial charge in [0.2, 0.25) is 0 Å². The van der Waals surface area contributed by atoms with Crippen LogP contribution in [0, 0.1) is 12.3 Å². The van der Waals surface area contributed by atoms with E-state index in [2.05, 4.69) is 51.7 Å². The van der Waals surface area contributed by atoms with Gasteiger partial charge in [0.25, 0.3) is 0 Å². The van der Waals surface area contributed by atoms with Gasteiger partial charge in [-0.15, -0.1) is 0 Å². The monoisotopic (exact) mass is 238 g/mol. The van der Waals surface area contributed by atoms with E-state index in [0.717, 1.165) is 23.7 Å². The van der Waals surface area contributed by atoms with Gasteiger partial charge in [-0.2, -0.15) is 5.10 Å². The lowest BCUT2D eigenvalue weighted by atomic mass is 9.96. The van der Waals surface area contributed by atoms with Gasteiger partial charge in [-0.3, -0.25) is 0 Å². The van der Waals surface area contributed by atoms with Crippen LogP contribution in [0.5, 0.6) is 0 Å².